The van der Waals surface area contributed by atoms with Gasteiger partial charge in [-0.1, -0.05) is 30.7 Å². The fraction of sp³-hybridized carbons (Fsp3) is 0.480. The normalized spacial score (nSPS) is 18.6. The fourth-order valence-electron chi connectivity index (χ4n) is 4.04. The summed E-state index contributed by atoms with van der Waals surface area (Å²) in [6.45, 7) is 12.2. The van der Waals surface area contributed by atoms with Gasteiger partial charge >= 0.3 is 0 Å². The van der Waals surface area contributed by atoms with Gasteiger partial charge < -0.3 is 15.0 Å². The van der Waals surface area contributed by atoms with Gasteiger partial charge in [-0.15, -0.1) is 0 Å². The van der Waals surface area contributed by atoms with E-state index in [2.05, 4.69) is 41.4 Å². The van der Waals surface area contributed by atoms with Crippen LogP contribution < -0.4 is 15.0 Å². The van der Waals surface area contributed by atoms with Gasteiger partial charge in [0.05, 0.1) is 6.04 Å². The predicted octanol–water partition coefficient (Wildman–Crippen LogP) is 5.84. The highest BCUT2D eigenvalue weighted by Crippen LogP contribution is 2.27. The summed E-state index contributed by atoms with van der Waals surface area (Å²) >= 11 is 6.22. The SMILES string of the molecule is Cc1cc(O[C@H](C)C(=O)N[C@H](C)c2ccc(N3CCC[C@@H](C)C3)cc2)cc(C)c1Cl. The second-order valence-electron chi connectivity index (χ2n) is 8.65. The van der Waals surface area contributed by atoms with Crippen molar-refractivity contribution in [3.05, 3.63) is 58.1 Å². The predicted molar refractivity (Wildman–Crippen MR) is 125 cm³/mol. The highest BCUT2D eigenvalue weighted by Gasteiger charge is 2.20. The maximum atomic E-state index is 12.6. The first kappa shape index (κ1) is 22.5. The van der Waals surface area contributed by atoms with Gasteiger partial charge in [0, 0.05) is 23.8 Å². The Balaban J connectivity index is 1.58. The number of hydrogen-bond acceptors (Lipinski definition) is 3. The largest absolute Gasteiger partial charge is 0.481 e. The lowest BCUT2D eigenvalue weighted by Crippen LogP contribution is -2.37. The quantitative estimate of drug-likeness (QED) is 0.628. The lowest BCUT2D eigenvalue weighted by molar-refractivity contribution is -0.127. The van der Waals surface area contributed by atoms with E-state index in [0.717, 1.165) is 40.7 Å². The Labute approximate surface area is 185 Å². The molecular weight excluding hydrogens is 396 g/mol. The first-order valence-corrected chi connectivity index (χ1v) is 11.2. The summed E-state index contributed by atoms with van der Waals surface area (Å²) in [5.74, 6) is 1.26. The Morgan fingerprint density at radius 1 is 1.17 bits per heavy atom. The van der Waals surface area contributed by atoms with Crippen LogP contribution in [-0.2, 0) is 4.79 Å². The third-order valence-corrected chi connectivity index (χ3v) is 6.46. The number of nitrogens with one attached hydrogen (secondary N) is 1. The first-order chi connectivity index (χ1) is 14.2. The maximum Gasteiger partial charge on any atom is 0.261 e. The summed E-state index contributed by atoms with van der Waals surface area (Å²) in [7, 11) is 0. The van der Waals surface area contributed by atoms with E-state index in [9.17, 15) is 4.79 Å². The van der Waals surface area contributed by atoms with Crippen molar-refractivity contribution >= 4 is 23.2 Å². The van der Waals surface area contributed by atoms with E-state index >= 15 is 0 Å². The summed E-state index contributed by atoms with van der Waals surface area (Å²) in [6.07, 6.45) is 1.97. The van der Waals surface area contributed by atoms with Gasteiger partial charge in [0.2, 0.25) is 0 Å². The molecule has 5 heteroatoms. The van der Waals surface area contributed by atoms with Crippen molar-refractivity contribution in [1.82, 2.24) is 5.32 Å². The zero-order valence-electron chi connectivity index (χ0n) is 18.7. The maximum absolute atomic E-state index is 12.6. The minimum atomic E-state index is -0.596. The second-order valence-corrected chi connectivity index (χ2v) is 9.02. The average molecular weight is 429 g/mol. The molecule has 162 valence electrons. The monoisotopic (exact) mass is 428 g/mol. The number of aryl methyl sites for hydroxylation is 2. The molecular formula is C25H33ClN2O2. The first-order valence-electron chi connectivity index (χ1n) is 10.8. The van der Waals surface area contributed by atoms with Crippen LogP contribution in [0.15, 0.2) is 36.4 Å². The Morgan fingerprint density at radius 2 is 1.80 bits per heavy atom. The number of nitrogens with zero attached hydrogens (tertiary/aromatic N) is 1. The van der Waals surface area contributed by atoms with Crippen LogP contribution in [0.1, 0.15) is 56.3 Å². The molecule has 0 spiro atoms. The number of carbonyl (C=O) groups is 1. The van der Waals surface area contributed by atoms with Crippen molar-refractivity contribution < 1.29 is 9.53 Å². The summed E-state index contributed by atoms with van der Waals surface area (Å²) in [4.78, 5) is 15.1. The van der Waals surface area contributed by atoms with Crippen molar-refractivity contribution in [1.29, 1.82) is 0 Å². The number of ether oxygens (including phenoxy) is 1. The van der Waals surface area contributed by atoms with Crippen LogP contribution >= 0.6 is 11.6 Å². The molecule has 0 aliphatic carbocycles. The van der Waals surface area contributed by atoms with Crippen LogP contribution in [0.5, 0.6) is 5.75 Å². The van der Waals surface area contributed by atoms with E-state index in [1.54, 1.807) is 6.92 Å². The van der Waals surface area contributed by atoms with Crippen molar-refractivity contribution in [3.8, 4) is 5.75 Å². The molecule has 4 nitrogen and oxygen atoms in total. The zero-order chi connectivity index (χ0) is 21.8. The van der Waals surface area contributed by atoms with Crippen LogP contribution in [0.3, 0.4) is 0 Å². The number of rotatable bonds is 6. The fourth-order valence-corrected chi connectivity index (χ4v) is 4.15. The van der Waals surface area contributed by atoms with E-state index in [4.69, 9.17) is 16.3 Å². The molecule has 1 N–H and O–H groups in total. The van der Waals surface area contributed by atoms with Crippen LogP contribution in [0.2, 0.25) is 5.02 Å². The molecule has 0 aromatic heterocycles. The van der Waals surface area contributed by atoms with E-state index in [-0.39, 0.29) is 11.9 Å². The number of piperidine rings is 1. The molecule has 0 saturated carbocycles. The van der Waals surface area contributed by atoms with Gasteiger partial charge in [-0.25, -0.2) is 0 Å². The highest BCUT2D eigenvalue weighted by atomic mass is 35.5. The smallest absolute Gasteiger partial charge is 0.261 e. The third-order valence-electron chi connectivity index (χ3n) is 5.87. The van der Waals surface area contributed by atoms with Gasteiger partial charge in [-0.3, -0.25) is 4.79 Å². The van der Waals surface area contributed by atoms with Crippen LogP contribution in [0.25, 0.3) is 0 Å². The van der Waals surface area contributed by atoms with E-state index in [0.29, 0.717) is 5.75 Å². The summed E-state index contributed by atoms with van der Waals surface area (Å²) in [5.41, 5.74) is 4.23. The van der Waals surface area contributed by atoms with Gasteiger partial charge in [0.15, 0.2) is 6.10 Å². The Kier molecular flexibility index (Phi) is 7.30. The number of amides is 1. The molecule has 30 heavy (non-hydrogen) atoms. The number of hydrogen-bond donors (Lipinski definition) is 1. The van der Waals surface area contributed by atoms with Crippen LogP contribution in [0.4, 0.5) is 5.69 Å². The molecule has 1 aliphatic rings. The molecule has 2 aromatic carbocycles. The lowest BCUT2D eigenvalue weighted by atomic mass is 9.99. The minimum absolute atomic E-state index is 0.0911. The molecule has 2 aromatic rings. The van der Waals surface area contributed by atoms with E-state index < -0.39 is 6.10 Å². The number of carbonyl (C=O) groups excluding carboxylic acids is 1. The van der Waals surface area contributed by atoms with E-state index in [1.807, 2.05) is 32.9 Å². The molecule has 0 radical (unpaired) electrons. The Hall–Kier alpha value is -2.20. The van der Waals surface area contributed by atoms with Crippen molar-refractivity contribution in [3.63, 3.8) is 0 Å². The molecule has 1 amide bonds. The summed E-state index contributed by atoms with van der Waals surface area (Å²) < 4.78 is 5.86. The lowest BCUT2D eigenvalue weighted by Gasteiger charge is -2.33. The molecule has 1 aliphatic heterocycles. The number of halogens is 1. The number of benzene rings is 2. The van der Waals surface area contributed by atoms with Crippen LogP contribution in [0, 0.1) is 19.8 Å². The van der Waals surface area contributed by atoms with Crippen molar-refractivity contribution in [2.75, 3.05) is 18.0 Å². The Bertz CT molecular complexity index is 858. The Morgan fingerprint density at radius 3 is 2.40 bits per heavy atom. The summed E-state index contributed by atoms with van der Waals surface area (Å²) in [6, 6.07) is 12.2. The highest BCUT2D eigenvalue weighted by molar-refractivity contribution is 6.32. The van der Waals surface area contributed by atoms with Crippen molar-refractivity contribution in [2.24, 2.45) is 5.92 Å². The van der Waals surface area contributed by atoms with Gasteiger partial charge in [0.25, 0.3) is 5.91 Å². The minimum Gasteiger partial charge on any atom is -0.481 e. The summed E-state index contributed by atoms with van der Waals surface area (Å²) in [5, 5.41) is 3.79. The standard InChI is InChI=1S/C25H33ClN2O2/c1-16-7-6-12-28(15-16)22-10-8-21(9-11-22)19(4)27-25(29)20(5)30-23-13-17(2)24(26)18(3)14-23/h8-11,13-14,16,19-20H,6-7,12,15H2,1-5H3,(H,27,29)/t16-,19-,20-/m1/s1. The van der Waals surface area contributed by atoms with E-state index in [1.165, 1.54) is 18.5 Å². The molecule has 1 fully saturated rings. The van der Waals surface area contributed by atoms with Gasteiger partial charge in [0.1, 0.15) is 5.75 Å². The van der Waals surface area contributed by atoms with Gasteiger partial charge in [-0.05, 0) is 87.4 Å². The third kappa shape index (κ3) is 5.48. The molecule has 1 heterocycles. The molecule has 3 rings (SSSR count). The molecule has 1 saturated heterocycles. The van der Waals surface area contributed by atoms with Crippen LogP contribution in [-0.4, -0.2) is 25.1 Å². The number of anilines is 1. The topological polar surface area (TPSA) is 41.6 Å². The van der Waals surface area contributed by atoms with Crippen molar-refractivity contribution in [2.45, 2.75) is 59.6 Å². The molecule has 3 atom stereocenters. The van der Waals surface area contributed by atoms with Gasteiger partial charge in [-0.2, -0.15) is 0 Å². The molecule has 0 bridgehead atoms. The zero-order valence-corrected chi connectivity index (χ0v) is 19.4. The molecule has 0 unspecified atom stereocenters. The average Bonchev–Trinajstić information content (AvgIpc) is 2.72. The second kappa shape index (κ2) is 9.74.